The maximum absolute atomic E-state index is 12.1. The summed E-state index contributed by atoms with van der Waals surface area (Å²) in [4.78, 5) is 24.8. The summed E-state index contributed by atoms with van der Waals surface area (Å²) < 4.78 is 10.7. The zero-order chi connectivity index (χ0) is 21.6. The van der Waals surface area contributed by atoms with Gasteiger partial charge in [0, 0.05) is 35.4 Å². The van der Waals surface area contributed by atoms with Crippen molar-refractivity contribution in [2.75, 3.05) is 14.2 Å². The molecule has 0 bridgehead atoms. The molecule has 0 spiro atoms. The molecule has 0 aliphatic rings. The van der Waals surface area contributed by atoms with Crippen molar-refractivity contribution in [1.82, 2.24) is 20.3 Å². The molecule has 0 aliphatic heterocycles. The van der Waals surface area contributed by atoms with Gasteiger partial charge in [0.25, 0.3) is 5.91 Å². The number of amides is 1. The molecule has 31 heavy (non-hydrogen) atoms. The van der Waals surface area contributed by atoms with E-state index in [1.54, 1.807) is 25.6 Å². The summed E-state index contributed by atoms with van der Waals surface area (Å²) in [5.74, 6) is 1.10. The lowest BCUT2D eigenvalue weighted by Gasteiger charge is -2.08. The third-order valence-electron chi connectivity index (χ3n) is 4.63. The molecular formula is C23H20N4O3S. The molecule has 8 heteroatoms. The molecule has 0 radical (unpaired) electrons. The van der Waals surface area contributed by atoms with E-state index < -0.39 is 0 Å². The molecule has 2 heterocycles. The van der Waals surface area contributed by atoms with Crippen LogP contribution in [0.4, 0.5) is 0 Å². The normalized spacial score (nSPS) is 10.5. The van der Waals surface area contributed by atoms with E-state index in [-0.39, 0.29) is 5.91 Å². The first kappa shape index (κ1) is 20.5. The van der Waals surface area contributed by atoms with Gasteiger partial charge in [-0.3, -0.25) is 9.78 Å². The molecule has 0 unspecified atom stereocenters. The van der Waals surface area contributed by atoms with Crippen LogP contribution < -0.4 is 14.8 Å². The quantitative estimate of drug-likeness (QED) is 0.471. The molecule has 156 valence electrons. The zero-order valence-corrected chi connectivity index (χ0v) is 17.8. The first-order chi connectivity index (χ1) is 15.2. The van der Waals surface area contributed by atoms with Crippen molar-refractivity contribution in [3.8, 4) is 33.3 Å². The van der Waals surface area contributed by atoms with Crippen LogP contribution in [0.25, 0.3) is 21.8 Å². The Kier molecular flexibility index (Phi) is 6.18. The Morgan fingerprint density at radius 2 is 1.77 bits per heavy atom. The van der Waals surface area contributed by atoms with Crippen molar-refractivity contribution in [3.63, 3.8) is 0 Å². The largest absolute Gasteiger partial charge is 0.493 e. The number of benzene rings is 2. The number of hydrogen-bond acceptors (Lipinski definition) is 7. The fraction of sp³-hybridized carbons (Fsp3) is 0.130. The minimum Gasteiger partial charge on any atom is -0.493 e. The van der Waals surface area contributed by atoms with Gasteiger partial charge in [-0.15, -0.1) is 11.3 Å². The van der Waals surface area contributed by atoms with Gasteiger partial charge in [0.1, 0.15) is 10.7 Å². The highest BCUT2D eigenvalue weighted by molar-refractivity contribution is 7.13. The number of aromatic nitrogens is 3. The molecule has 0 saturated carbocycles. The first-order valence-electron chi connectivity index (χ1n) is 9.49. The Bertz CT molecular complexity index is 1180. The smallest absolute Gasteiger partial charge is 0.271 e. The summed E-state index contributed by atoms with van der Waals surface area (Å²) in [6.45, 7) is 0.407. The molecule has 1 N–H and O–H groups in total. The fourth-order valence-corrected chi connectivity index (χ4v) is 3.82. The first-order valence-corrected chi connectivity index (χ1v) is 10.4. The van der Waals surface area contributed by atoms with Crippen molar-refractivity contribution in [1.29, 1.82) is 0 Å². The molecule has 2 aromatic heterocycles. The lowest BCUT2D eigenvalue weighted by Crippen LogP contribution is -2.23. The molecule has 4 rings (SSSR count). The summed E-state index contributed by atoms with van der Waals surface area (Å²) >= 11 is 1.57. The number of rotatable bonds is 7. The van der Waals surface area contributed by atoms with Gasteiger partial charge in [-0.25, -0.2) is 9.97 Å². The highest BCUT2D eigenvalue weighted by Crippen LogP contribution is 2.34. The van der Waals surface area contributed by atoms with Gasteiger partial charge in [0.15, 0.2) is 11.5 Å². The summed E-state index contributed by atoms with van der Waals surface area (Å²) in [6.07, 6.45) is 4.47. The van der Waals surface area contributed by atoms with Gasteiger partial charge < -0.3 is 14.8 Å². The van der Waals surface area contributed by atoms with Gasteiger partial charge in [-0.1, -0.05) is 24.3 Å². The average Bonchev–Trinajstić information content (AvgIpc) is 3.33. The molecule has 4 aromatic rings. The lowest BCUT2D eigenvalue weighted by atomic mass is 10.1. The van der Waals surface area contributed by atoms with Crippen LogP contribution in [-0.4, -0.2) is 35.1 Å². The number of carbonyl (C=O) groups excluding carboxylic acids is 1. The fourth-order valence-electron chi connectivity index (χ4n) is 2.99. The Morgan fingerprint density at radius 1 is 1.00 bits per heavy atom. The Hall–Kier alpha value is -3.78. The maximum atomic E-state index is 12.1. The van der Waals surface area contributed by atoms with Crippen LogP contribution >= 0.6 is 11.3 Å². The molecule has 7 nitrogen and oxygen atoms in total. The van der Waals surface area contributed by atoms with Crippen LogP contribution in [0.1, 0.15) is 16.1 Å². The summed E-state index contributed by atoms with van der Waals surface area (Å²) in [7, 11) is 3.23. The number of ether oxygens (including phenoxy) is 2. The SMILES string of the molecule is COc1ccc(-c2csc(-c3ccc(CNC(=O)c4cnccn4)cc3)n2)cc1OC. The molecular weight excluding hydrogens is 412 g/mol. The third-order valence-corrected chi connectivity index (χ3v) is 5.52. The second-order valence-electron chi connectivity index (χ2n) is 6.58. The predicted octanol–water partition coefficient (Wildman–Crippen LogP) is 4.21. The zero-order valence-electron chi connectivity index (χ0n) is 17.0. The van der Waals surface area contributed by atoms with Crippen LogP contribution in [0.15, 0.2) is 66.4 Å². The number of carbonyl (C=O) groups is 1. The predicted molar refractivity (Wildman–Crippen MR) is 119 cm³/mol. The summed E-state index contributed by atoms with van der Waals surface area (Å²) in [5.41, 5.74) is 4.13. The van der Waals surface area contributed by atoms with E-state index >= 15 is 0 Å². The van der Waals surface area contributed by atoms with Gasteiger partial charge in [0.2, 0.25) is 0 Å². The summed E-state index contributed by atoms with van der Waals surface area (Å²) in [5, 5.41) is 5.78. The number of hydrogen-bond donors (Lipinski definition) is 1. The van der Waals surface area contributed by atoms with Crippen molar-refractivity contribution in [3.05, 3.63) is 77.7 Å². The highest BCUT2D eigenvalue weighted by atomic mass is 32.1. The van der Waals surface area contributed by atoms with E-state index in [2.05, 4.69) is 15.3 Å². The van der Waals surface area contributed by atoms with E-state index in [9.17, 15) is 4.79 Å². The Balaban J connectivity index is 1.44. The number of thiazole rings is 1. The molecule has 2 aromatic carbocycles. The minimum absolute atomic E-state index is 0.253. The second-order valence-corrected chi connectivity index (χ2v) is 7.44. The van der Waals surface area contributed by atoms with Crippen LogP contribution in [0, 0.1) is 0 Å². The van der Waals surface area contributed by atoms with E-state index in [4.69, 9.17) is 14.5 Å². The van der Waals surface area contributed by atoms with Crippen molar-refractivity contribution in [2.45, 2.75) is 6.54 Å². The average molecular weight is 433 g/mol. The molecule has 0 aliphatic carbocycles. The van der Waals surface area contributed by atoms with E-state index in [0.717, 1.165) is 27.4 Å². The standard InChI is InChI=1S/C23H20N4O3S/c1-29-20-8-7-17(11-21(20)30-2)19-14-31-23(27-19)16-5-3-15(4-6-16)12-26-22(28)18-13-24-9-10-25-18/h3-11,13-14H,12H2,1-2H3,(H,26,28). The van der Waals surface area contributed by atoms with Gasteiger partial charge in [0.05, 0.1) is 26.1 Å². The monoisotopic (exact) mass is 432 g/mol. The second kappa shape index (κ2) is 9.36. The van der Waals surface area contributed by atoms with E-state index in [1.165, 1.54) is 18.6 Å². The van der Waals surface area contributed by atoms with Crippen molar-refractivity contribution in [2.24, 2.45) is 0 Å². The van der Waals surface area contributed by atoms with Gasteiger partial charge in [-0.05, 0) is 23.8 Å². The molecule has 0 fully saturated rings. The Morgan fingerprint density at radius 3 is 2.48 bits per heavy atom. The van der Waals surface area contributed by atoms with E-state index in [0.29, 0.717) is 23.7 Å². The highest BCUT2D eigenvalue weighted by Gasteiger charge is 2.11. The van der Waals surface area contributed by atoms with Crippen molar-refractivity contribution < 1.29 is 14.3 Å². The Labute approximate surface area is 183 Å². The van der Waals surface area contributed by atoms with Crippen LogP contribution in [0.2, 0.25) is 0 Å². The lowest BCUT2D eigenvalue weighted by molar-refractivity contribution is 0.0945. The maximum Gasteiger partial charge on any atom is 0.271 e. The van der Waals surface area contributed by atoms with Crippen LogP contribution in [0.5, 0.6) is 11.5 Å². The van der Waals surface area contributed by atoms with Gasteiger partial charge >= 0.3 is 0 Å². The summed E-state index contributed by atoms with van der Waals surface area (Å²) in [6, 6.07) is 13.7. The van der Waals surface area contributed by atoms with Crippen molar-refractivity contribution >= 4 is 17.2 Å². The number of methoxy groups -OCH3 is 2. The topological polar surface area (TPSA) is 86.2 Å². The van der Waals surface area contributed by atoms with Crippen LogP contribution in [0.3, 0.4) is 0 Å². The van der Waals surface area contributed by atoms with E-state index in [1.807, 2.05) is 47.8 Å². The molecule has 1 amide bonds. The number of nitrogens with one attached hydrogen (secondary N) is 1. The third kappa shape index (κ3) is 4.70. The minimum atomic E-state index is -0.253. The molecule has 0 saturated heterocycles. The van der Waals surface area contributed by atoms with Crippen LogP contribution in [-0.2, 0) is 6.54 Å². The van der Waals surface area contributed by atoms with Gasteiger partial charge in [-0.2, -0.15) is 0 Å². The number of nitrogens with zero attached hydrogens (tertiary/aromatic N) is 3. The molecule has 0 atom stereocenters.